The average molecular weight is 280 g/mol. The predicted octanol–water partition coefficient (Wildman–Crippen LogP) is 4.23. The normalized spacial score (nSPS) is 10.3. The summed E-state index contributed by atoms with van der Waals surface area (Å²) in [7, 11) is 0. The molecule has 76 valence electrons. The van der Waals surface area contributed by atoms with Crippen molar-refractivity contribution in [2.24, 2.45) is 0 Å². The van der Waals surface area contributed by atoms with Crippen LogP contribution in [-0.2, 0) is 0 Å². The van der Waals surface area contributed by atoms with Crippen LogP contribution in [0.2, 0.25) is 0 Å². The average Bonchev–Trinajstić information content (AvgIpc) is 2.30. The Morgan fingerprint density at radius 2 is 2.07 bits per heavy atom. The minimum absolute atomic E-state index is 1.02. The van der Waals surface area contributed by atoms with Gasteiger partial charge in [-0.05, 0) is 36.6 Å². The molecule has 0 saturated carbocycles. The number of thioether (sulfide) groups is 1. The van der Waals surface area contributed by atoms with Crippen molar-refractivity contribution in [1.82, 2.24) is 4.98 Å². The molecule has 1 heterocycles. The van der Waals surface area contributed by atoms with Gasteiger partial charge in [-0.2, -0.15) is 0 Å². The number of halogens is 1. The zero-order valence-electron chi connectivity index (χ0n) is 8.27. The molecule has 2 aromatic rings. The van der Waals surface area contributed by atoms with Gasteiger partial charge in [0.2, 0.25) is 0 Å². The van der Waals surface area contributed by atoms with Gasteiger partial charge in [0.15, 0.2) is 0 Å². The molecule has 0 unspecified atom stereocenters. The Bertz CT molecular complexity index is 456. The van der Waals surface area contributed by atoms with Crippen LogP contribution in [0.15, 0.2) is 52.0 Å². The Morgan fingerprint density at radius 1 is 1.20 bits per heavy atom. The molecule has 15 heavy (non-hydrogen) atoms. The SMILES string of the molecule is CSc1ccc(Br)cc1-c1ccccn1. The Kier molecular flexibility index (Phi) is 3.44. The summed E-state index contributed by atoms with van der Waals surface area (Å²) in [4.78, 5) is 5.61. The van der Waals surface area contributed by atoms with Crippen LogP contribution < -0.4 is 0 Å². The quantitative estimate of drug-likeness (QED) is 0.763. The molecule has 1 aromatic carbocycles. The van der Waals surface area contributed by atoms with Crippen molar-refractivity contribution in [1.29, 1.82) is 0 Å². The summed E-state index contributed by atoms with van der Waals surface area (Å²) in [6, 6.07) is 12.2. The van der Waals surface area contributed by atoms with Crippen molar-refractivity contribution >= 4 is 27.7 Å². The highest BCUT2D eigenvalue weighted by atomic mass is 79.9. The summed E-state index contributed by atoms with van der Waals surface area (Å²) in [6.45, 7) is 0. The molecule has 0 spiro atoms. The first kappa shape index (κ1) is 10.7. The topological polar surface area (TPSA) is 12.9 Å². The Labute approximate surface area is 102 Å². The van der Waals surface area contributed by atoms with Crippen molar-refractivity contribution in [3.63, 3.8) is 0 Å². The second-order valence-electron chi connectivity index (χ2n) is 3.06. The molecular formula is C12H10BrNS. The summed E-state index contributed by atoms with van der Waals surface area (Å²) in [6.07, 6.45) is 3.90. The fourth-order valence-corrected chi connectivity index (χ4v) is 2.35. The highest BCUT2D eigenvalue weighted by Gasteiger charge is 2.05. The number of hydrogen-bond donors (Lipinski definition) is 0. The van der Waals surface area contributed by atoms with E-state index in [-0.39, 0.29) is 0 Å². The van der Waals surface area contributed by atoms with E-state index in [2.05, 4.69) is 45.4 Å². The molecular weight excluding hydrogens is 270 g/mol. The van der Waals surface area contributed by atoms with Gasteiger partial charge in [-0.1, -0.05) is 22.0 Å². The molecule has 0 saturated heterocycles. The van der Waals surface area contributed by atoms with Crippen LogP contribution in [0.4, 0.5) is 0 Å². The van der Waals surface area contributed by atoms with Gasteiger partial charge >= 0.3 is 0 Å². The summed E-state index contributed by atoms with van der Waals surface area (Å²) in [5, 5.41) is 0. The third kappa shape index (κ3) is 2.41. The van der Waals surface area contributed by atoms with Crippen LogP contribution in [0.1, 0.15) is 0 Å². The molecule has 0 atom stereocenters. The largest absolute Gasteiger partial charge is 0.256 e. The zero-order chi connectivity index (χ0) is 10.7. The second-order valence-corrected chi connectivity index (χ2v) is 4.82. The summed E-state index contributed by atoms with van der Waals surface area (Å²) >= 11 is 5.22. The maximum absolute atomic E-state index is 4.36. The van der Waals surface area contributed by atoms with Crippen LogP contribution in [-0.4, -0.2) is 11.2 Å². The number of nitrogens with zero attached hydrogens (tertiary/aromatic N) is 1. The molecule has 0 aliphatic heterocycles. The van der Waals surface area contributed by atoms with Crippen molar-refractivity contribution in [3.05, 3.63) is 47.1 Å². The summed E-state index contributed by atoms with van der Waals surface area (Å²) < 4.78 is 1.08. The lowest BCUT2D eigenvalue weighted by molar-refractivity contribution is 1.29. The van der Waals surface area contributed by atoms with Gasteiger partial charge in [0.25, 0.3) is 0 Å². The molecule has 0 fully saturated rings. The van der Waals surface area contributed by atoms with Gasteiger partial charge < -0.3 is 0 Å². The lowest BCUT2D eigenvalue weighted by atomic mass is 10.1. The van der Waals surface area contributed by atoms with E-state index in [4.69, 9.17) is 0 Å². The van der Waals surface area contributed by atoms with Crippen LogP contribution in [0, 0.1) is 0 Å². The first-order chi connectivity index (χ1) is 7.31. The van der Waals surface area contributed by atoms with E-state index in [0.717, 1.165) is 10.2 Å². The van der Waals surface area contributed by atoms with E-state index in [1.54, 1.807) is 11.8 Å². The highest BCUT2D eigenvalue weighted by molar-refractivity contribution is 9.10. The van der Waals surface area contributed by atoms with E-state index in [0.29, 0.717) is 0 Å². The van der Waals surface area contributed by atoms with E-state index in [1.807, 2.05) is 24.4 Å². The molecule has 2 rings (SSSR count). The van der Waals surface area contributed by atoms with Gasteiger partial charge in [0.05, 0.1) is 5.69 Å². The highest BCUT2D eigenvalue weighted by Crippen LogP contribution is 2.31. The summed E-state index contributed by atoms with van der Waals surface area (Å²) in [5.41, 5.74) is 2.20. The first-order valence-corrected chi connectivity index (χ1v) is 6.58. The maximum Gasteiger partial charge on any atom is 0.0713 e. The van der Waals surface area contributed by atoms with E-state index >= 15 is 0 Å². The fourth-order valence-electron chi connectivity index (χ4n) is 1.40. The maximum atomic E-state index is 4.36. The fraction of sp³-hybridized carbons (Fsp3) is 0.0833. The Morgan fingerprint density at radius 3 is 2.73 bits per heavy atom. The number of rotatable bonds is 2. The van der Waals surface area contributed by atoms with Gasteiger partial charge in [-0.3, -0.25) is 4.98 Å². The third-order valence-electron chi connectivity index (χ3n) is 2.10. The van der Waals surface area contributed by atoms with Crippen molar-refractivity contribution < 1.29 is 0 Å². The molecule has 0 aliphatic rings. The lowest BCUT2D eigenvalue weighted by Crippen LogP contribution is -1.85. The molecule has 0 radical (unpaired) electrons. The number of pyridine rings is 1. The minimum atomic E-state index is 1.02. The van der Waals surface area contributed by atoms with Crippen LogP contribution in [0.5, 0.6) is 0 Å². The van der Waals surface area contributed by atoms with E-state index < -0.39 is 0 Å². The van der Waals surface area contributed by atoms with Gasteiger partial charge in [0.1, 0.15) is 0 Å². The van der Waals surface area contributed by atoms with Gasteiger partial charge in [-0.25, -0.2) is 0 Å². The van der Waals surface area contributed by atoms with Gasteiger partial charge in [-0.15, -0.1) is 11.8 Å². The number of hydrogen-bond acceptors (Lipinski definition) is 2. The second kappa shape index (κ2) is 4.81. The Balaban J connectivity index is 2.56. The zero-order valence-corrected chi connectivity index (χ0v) is 10.7. The molecule has 0 amide bonds. The molecule has 3 heteroatoms. The van der Waals surface area contributed by atoms with E-state index in [9.17, 15) is 0 Å². The van der Waals surface area contributed by atoms with Crippen LogP contribution in [0.25, 0.3) is 11.3 Å². The molecule has 1 nitrogen and oxygen atoms in total. The monoisotopic (exact) mass is 279 g/mol. The molecule has 0 aliphatic carbocycles. The van der Waals surface area contributed by atoms with Gasteiger partial charge in [0, 0.05) is 21.1 Å². The number of aromatic nitrogens is 1. The standard InChI is InChI=1S/C12H10BrNS/c1-15-12-6-5-9(13)8-10(12)11-4-2-3-7-14-11/h2-8H,1H3. The molecule has 0 N–H and O–H groups in total. The van der Waals surface area contributed by atoms with Crippen molar-refractivity contribution in [2.45, 2.75) is 4.90 Å². The Hall–Kier alpha value is -0.800. The van der Waals surface area contributed by atoms with Crippen LogP contribution in [0.3, 0.4) is 0 Å². The third-order valence-corrected chi connectivity index (χ3v) is 3.39. The van der Waals surface area contributed by atoms with E-state index in [1.165, 1.54) is 10.5 Å². The lowest BCUT2D eigenvalue weighted by Gasteiger charge is -2.06. The summed E-state index contributed by atoms with van der Waals surface area (Å²) in [5.74, 6) is 0. The minimum Gasteiger partial charge on any atom is -0.256 e. The molecule has 1 aromatic heterocycles. The molecule has 0 bridgehead atoms. The first-order valence-electron chi connectivity index (χ1n) is 4.56. The predicted molar refractivity (Wildman–Crippen MR) is 69.2 cm³/mol. The van der Waals surface area contributed by atoms with Crippen molar-refractivity contribution in [3.8, 4) is 11.3 Å². The van der Waals surface area contributed by atoms with Crippen molar-refractivity contribution in [2.75, 3.05) is 6.26 Å². The smallest absolute Gasteiger partial charge is 0.0713 e. The van der Waals surface area contributed by atoms with Crippen LogP contribution >= 0.6 is 27.7 Å². The number of benzene rings is 1.